The minimum Gasteiger partial charge on any atom is -0.481 e. The highest BCUT2D eigenvalue weighted by Crippen LogP contribution is 2.13. The molecule has 0 spiro atoms. The first-order chi connectivity index (χ1) is 9.15. The van der Waals surface area contributed by atoms with E-state index in [9.17, 15) is 9.59 Å². The molecule has 0 amide bonds. The lowest BCUT2D eigenvalue weighted by Gasteiger charge is -2.04. The highest BCUT2D eigenvalue weighted by molar-refractivity contribution is 7.99. The van der Waals surface area contributed by atoms with Crippen molar-refractivity contribution in [2.24, 2.45) is 0 Å². The Balaban J connectivity index is 2.37. The normalized spacial score (nSPS) is 10.8. The quantitative estimate of drug-likeness (QED) is 0.505. The van der Waals surface area contributed by atoms with Crippen molar-refractivity contribution in [3.8, 4) is 0 Å². The van der Waals surface area contributed by atoms with Gasteiger partial charge in [-0.05, 0) is 24.9 Å². The Bertz CT molecular complexity index is 445. The molecule has 108 valence electrons. The van der Waals surface area contributed by atoms with Crippen LogP contribution in [0.4, 0.5) is 0 Å². The molecule has 0 aromatic carbocycles. The van der Waals surface area contributed by atoms with Crippen molar-refractivity contribution >= 4 is 29.5 Å². The molecule has 0 aliphatic rings. The Kier molecular flexibility index (Phi) is 7.73. The summed E-state index contributed by atoms with van der Waals surface area (Å²) in [5.41, 5.74) is -0.267. The second kappa shape index (κ2) is 9.08. The van der Waals surface area contributed by atoms with Gasteiger partial charge in [-0.15, -0.1) is 5.10 Å². The fraction of sp³-hybridized carbons (Fsp3) is 0.727. The number of hydrogen-bond acceptors (Lipinski definition) is 5. The maximum absolute atomic E-state index is 11.5. The van der Waals surface area contributed by atoms with Gasteiger partial charge in [0.2, 0.25) is 0 Å². The van der Waals surface area contributed by atoms with Crippen LogP contribution in [0.3, 0.4) is 0 Å². The van der Waals surface area contributed by atoms with Crippen molar-refractivity contribution in [1.29, 1.82) is 0 Å². The minimum absolute atomic E-state index is 0.0853. The third-order valence-electron chi connectivity index (χ3n) is 2.53. The molecule has 0 saturated heterocycles. The van der Waals surface area contributed by atoms with Crippen molar-refractivity contribution in [2.45, 2.75) is 37.4 Å². The van der Waals surface area contributed by atoms with Crippen LogP contribution in [0.25, 0.3) is 0 Å². The molecule has 0 fully saturated rings. The number of aromatic amines is 1. The molecular formula is C11H19N3O3S2. The topological polar surface area (TPSA) is 88.0 Å². The number of unbranched alkanes of at least 4 members (excludes halogenated alkanes) is 3. The lowest BCUT2D eigenvalue weighted by atomic mass is 10.2. The lowest BCUT2D eigenvalue weighted by Crippen LogP contribution is -2.18. The first-order valence-corrected chi connectivity index (χ1v) is 8.52. The number of H-pyrrole nitrogens is 1. The largest absolute Gasteiger partial charge is 0.481 e. The Morgan fingerprint density at radius 2 is 2.11 bits per heavy atom. The van der Waals surface area contributed by atoms with Gasteiger partial charge in [-0.1, -0.05) is 24.6 Å². The van der Waals surface area contributed by atoms with Crippen molar-refractivity contribution in [1.82, 2.24) is 14.8 Å². The van der Waals surface area contributed by atoms with Gasteiger partial charge in [0.15, 0.2) is 5.16 Å². The molecule has 0 radical (unpaired) electrons. The Morgan fingerprint density at radius 1 is 1.37 bits per heavy atom. The standard InChI is InChI=1S/C11H19N3O3S2/c1-18-7-5-3-2-4-6-14-10(17)12-13-11(14)19-8-9(15)16/h2-8H2,1H3,(H,12,17)(H,15,16). The van der Waals surface area contributed by atoms with Crippen LogP contribution in [0.2, 0.25) is 0 Å². The maximum atomic E-state index is 11.5. The van der Waals surface area contributed by atoms with E-state index in [1.54, 1.807) is 0 Å². The third kappa shape index (κ3) is 6.20. The van der Waals surface area contributed by atoms with Gasteiger partial charge in [-0.25, -0.2) is 9.89 Å². The molecule has 0 unspecified atom stereocenters. The van der Waals surface area contributed by atoms with E-state index in [2.05, 4.69) is 16.5 Å². The summed E-state index contributed by atoms with van der Waals surface area (Å²) < 4.78 is 1.52. The van der Waals surface area contributed by atoms with Crippen LogP contribution in [0.5, 0.6) is 0 Å². The highest BCUT2D eigenvalue weighted by Gasteiger charge is 2.10. The van der Waals surface area contributed by atoms with Gasteiger partial charge >= 0.3 is 11.7 Å². The molecule has 0 atom stereocenters. The van der Waals surface area contributed by atoms with Gasteiger partial charge in [0.25, 0.3) is 0 Å². The van der Waals surface area contributed by atoms with E-state index in [1.807, 2.05) is 11.8 Å². The molecular weight excluding hydrogens is 286 g/mol. The zero-order valence-electron chi connectivity index (χ0n) is 10.9. The first-order valence-electron chi connectivity index (χ1n) is 6.14. The van der Waals surface area contributed by atoms with Gasteiger partial charge in [-0.3, -0.25) is 9.36 Å². The van der Waals surface area contributed by atoms with E-state index in [0.717, 1.165) is 31.0 Å². The van der Waals surface area contributed by atoms with Gasteiger partial charge in [0, 0.05) is 6.54 Å². The average molecular weight is 305 g/mol. The van der Waals surface area contributed by atoms with Crippen LogP contribution in [0, 0.1) is 0 Å². The van der Waals surface area contributed by atoms with Crippen molar-refractivity contribution < 1.29 is 9.90 Å². The smallest absolute Gasteiger partial charge is 0.343 e. The SMILES string of the molecule is CSCCCCCCn1c(SCC(=O)O)n[nH]c1=O. The fourth-order valence-corrected chi connectivity index (χ4v) is 2.79. The second-order valence-corrected chi connectivity index (χ2v) is 5.98. The molecule has 1 aromatic heterocycles. The molecule has 1 aromatic rings. The molecule has 1 heterocycles. The number of rotatable bonds is 10. The van der Waals surface area contributed by atoms with Crippen LogP contribution < -0.4 is 5.69 Å². The predicted molar refractivity (Wildman–Crippen MR) is 78.1 cm³/mol. The average Bonchev–Trinajstić information content (AvgIpc) is 2.72. The Hall–Kier alpha value is -0.890. The molecule has 19 heavy (non-hydrogen) atoms. The van der Waals surface area contributed by atoms with E-state index in [4.69, 9.17) is 5.11 Å². The summed E-state index contributed by atoms with van der Waals surface area (Å²) in [6.07, 6.45) is 6.43. The minimum atomic E-state index is -0.913. The molecule has 1 rings (SSSR count). The molecule has 8 heteroatoms. The van der Waals surface area contributed by atoms with Crippen LogP contribution >= 0.6 is 23.5 Å². The molecule has 0 bridgehead atoms. The van der Waals surface area contributed by atoms with E-state index in [1.165, 1.54) is 16.7 Å². The number of nitrogens with zero attached hydrogens (tertiary/aromatic N) is 2. The monoisotopic (exact) mass is 305 g/mol. The van der Waals surface area contributed by atoms with Crippen LogP contribution in [0.1, 0.15) is 25.7 Å². The number of carbonyl (C=O) groups is 1. The zero-order chi connectivity index (χ0) is 14.1. The number of carboxylic acid groups (broad SMARTS) is 1. The highest BCUT2D eigenvalue weighted by atomic mass is 32.2. The maximum Gasteiger partial charge on any atom is 0.343 e. The molecule has 6 nitrogen and oxygen atoms in total. The molecule has 0 saturated carbocycles. The van der Waals surface area contributed by atoms with Crippen molar-refractivity contribution in [3.63, 3.8) is 0 Å². The number of carboxylic acids is 1. The van der Waals surface area contributed by atoms with E-state index in [0.29, 0.717) is 11.7 Å². The number of aromatic nitrogens is 3. The Labute approximate surface area is 120 Å². The lowest BCUT2D eigenvalue weighted by molar-refractivity contribution is -0.133. The summed E-state index contributed by atoms with van der Waals surface area (Å²) in [4.78, 5) is 22.0. The zero-order valence-corrected chi connectivity index (χ0v) is 12.6. The van der Waals surface area contributed by atoms with Crippen LogP contribution in [-0.4, -0.2) is 43.6 Å². The predicted octanol–water partition coefficient (Wildman–Crippen LogP) is 1.67. The molecule has 0 aliphatic carbocycles. The van der Waals surface area contributed by atoms with Crippen LogP contribution in [-0.2, 0) is 11.3 Å². The Morgan fingerprint density at radius 3 is 2.79 bits per heavy atom. The van der Waals surface area contributed by atoms with Crippen molar-refractivity contribution in [2.75, 3.05) is 17.8 Å². The second-order valence-electron chi connectivity index (χ2n) is 4.05. The summed E-state index contributed by atoms with van der Waals surface area (Å²) in [6, 6.07) is 0. The third-order valence-corrected chi connectivity index (χ3v) is 4.19. The van der Waals surface area contributed by atoms with Crippen molar-refractivity contribution in [3.05, 3.63) is 10.5 Å². The summed E-state index contributed by atoms with van der Waals surface area (Å²) in [5.74, 6) is 0.174. The van der Waals surface area contributed by atoms with E-state index >= 15 is 0 Å². The van der Waals surface area contributed by atoms with Gasteiger partial charge < -0.3 is 5.11 Å². The summed E-state index contributed by atoms with van der Waals surface area (Å²) >= 11 is 2.91. The van der Waals surface area contributed by atoms with Gasteiger partial charge in [0.1, 0.15) is 0 Å². The van der Waals surface area contributed by atoms with Gasteiger partial charge in [-0.2, -0.15) is 11.8 Å². The fourth-order valence-electron chi connectivity index (χ4n) is 1.61. The number of nitrogens with one attached hydrogen (secondary N) is 1. The summed E-state index contributed by atoms with van der Waals surface area (Å²) in [6.45, 7) is 0.594. The number of hydrogen-bond donors (Lipinski definition) is 2. The first kappa shape index (κ1) is 16.2. The van der Waals surface area contributed by atoms with E-state index in [-0.39, 0.29) is 11.4 Å². The molecule has 2 N–H and O–H groups in total. The van der Waals surface area contributed by atoms with E-state index < -0.39 is 5.97 Å². The number of aliphatic carboxylic acids is 1. The summed E-state index contributed by atoms with van der Waals surface area (Å²) in [7, 11) is 0. The number of thioether (sulfide) groups is 2. The van der Waals surface area contributed by atoms with Gasteiger partial charge in [0.05, 0.1) is 5.75 Å². The van der Waals surface area contributed by atoms with Crippen LogP contribution in [0.15, 0.2) is 9.95 Å². The molecule has 0 aliphatic heterocycles. The summed E-state index contributed by atoms with van der Waals surface area (Å²) in [5, 5.41) is 15.3.